The Labute approximate surface area is 227 Å². The summed E-state index contributed by atoms with van der Waals surface area (Å²) in [5.74, 6) is -2.01. The first-order valence-electron chi connectivity index (χ1n) is 13.7. The highest BCUT2D eigenvalue weighted by molar-refractivity contribution is 6.06. The molecule has 1 atom stereocenters. The highest BCUT2D eigenvalue weighted by Gasteiger charge is 2.42. The lowest BCUT2D eigenvalue weighted by molar-refractivity contribution is -0.240. The van der Waals surface area contributed by atoms with E-state index in [1.165, 1.54) is 0 Å². The standard InChI is InChI=1S/C30H46O8/c1-28(2,3)37-26(31)24-22(17-33-7)21-19-36-30(34-8)14-12-10-9-11-13-15-35-18-23(20(21)16-30)25(24)27(32)38-29(4,5)6/h9-19H2,1-8H3. The Bertz CT molecular complexity index is 1000. The number of hydrogen-bond acceptors (Lipinski definition) is 8. The van der Waals surface area contributed by atoms with Crippen molar-refractivity contribution in [3.63, 3.8) is 0 Å². The van der Waals surface area contributed by atoms with Crippen LogP contribution in [0.1, 0.15) is 123 Å². The van der Waals surface area contributed by atoms with E-state index in [1.807, 2.05) is 20.8 Å². The van der Waals surface area contributed by atoms with Gasteiger partial charge in [0.2, 0.25) is 0 Å². The van der Waals surface area contributed by atoms with Crippen LogP contribution in [-0.2, 0) is 54.7 Å². The molecule has 0 N–H and O–H groups in total. The molecule has 2 aliphatic rings. The molecule has 8 nitrogen and oxygen atoms in total. The summed E-state index contributed by atoms with van der Waals surface area (Å²) in [4.78, 5) is 27.6. The zero-order chi connectivity index (χ0) is 28.1. The number of ether oxygens (including phenoxy) is 6. The fourth-order valence-electron chi connectivity index (χ4n) is 5.15. The topological polar surface area (TPSA) is 89.5 Å². The summed E-state index contributed by atoms with van der Waals surface area (Å²) in [6, 6.07) is 0. The van der Waals surface area contributed by atoms with Gasteiger partial charge in [-0.15, -0.1) is 0 Å². The molecule has 2 bridgehead atoms. The molecule has 0 radical (unpaired) electrons. The first kappa shape index (κ1) is 30.5. The maximum atomic E-state index is 13.9. The van der Waals surface area contributed by atoms with Gasteiger partial charge in [-0.1, -0.05) is 19.3 Å². The summed E-state index contributed by atoms with van der Waals surface area (Å²) >= 11 is 0. The molecule has 214 valence electrons. The zero-order valence-corrected chi connectivity index (χ0v) is 24.5. The van der Waals surface area contributed by atoms with Gasteiger partial charge in [0.15, 0.2) is 5.79 Å². The summed E-state index contributed by atoms with van der Waals surface area (Å²) < 4.78 is 35.8. The Morgan fingerprint density at radius 2 is 1.39 bits per heavy atom. The molecule has 0 aliphatic carbocycles. The Morgan fingerprint density at radius 1 is 0.789 bits per heavy atom. The average molecular weight is 535 g/mol. The van der Waals surface area contributed by atoms with Crippen molar-refractivity contribution in [1.29, 1.82) is 0 Å². The van der Waals surface area contributed by atoms with Gasteiger partial charge in [0.1, 0.15) is 11.2 Å². The van der Waals surface area contributed by atoms with Gasteiger partial charge in [-0.2, -0.15) is 0 Å². The predicted molar refractivity (Wildman–Crippen MR) is 143 cm³/mol. The Hall–Kier alpha value is -2.00. The van der Waals surface area contributed by atoms with Crippen molar-refractivity contribution in [3.8, 4) is 0 Å². The maximum absolute atomic E-state index is 13.9. The highest BCUT2D eigenvalue weighted by atomic mass is 16.7. The van der Waals surface area contributed by atoms with E-state index < -0.39 is 28.9 Å². The quantitative estimate of drug-likeness (QED) is 0.423. The number of rotatable bonds is 5. The van der Waals surface area contributed by atoms with E-state index in [0.717, 1.165) is 49.7 Å². The molecule has 0 spiro atoms. The van der Waals surface area contributed by atoms with Crippen LogP contribution in [0.15, 0.2) is 0 Å². The van der Waals surface area contributed by atoms with Crippen LogP contribution in [0.3, 0.4) is 0 Å². The fraction of sp³-hybridized carbons (Fsp3) is 0.733. The van der Waals surface area contributed by atoms with Crippen LogP contribution in [0.5, 0.6) is 0 Å². The monoisotopic (exact) mass is 534 g/mol. The van der Waals surface area contributed by atoms with Crippen molar-refractivity contribution in [1.82, 2.24) is 0 Å². The molecule has 2 heterocycles. The van der Waals surface area contributed by atoms with Crippen molar-refractivity contribution >= 4 is 11.9 Å². The maximum Gasteiger partial charge on any atom is 0.339 e. The molecule has 2 aliphatic heterocycles. The third-order valence-electron chi connectivity index (χ3n) is 6.83. The average Bonchev–Trinajstić information content (AvgIpc) is 2.82. The number of benzene rings is 1. The van der Waals surface area contributed by atoms with Gasteiger partial charge in [0.25, 0.3) is 0 Å². The first-order chi connectivity index (χ1) is 17.8. The van der Waals surface area contributed by atoms with E-state index in [4.69, 9.17) is 28.4 Å². The third kappa shape index (κ3) is 7.56. The number of carbonyl (C=O) groups is 2. The van der Waals surface area contributed by atoms with Crippen LogP contribution >= 0.6 is 0 Å². The molecule has 8 heteroatoms. The van der Waals surface area contributed by atoms with E-state index in [-0.39, 0.29) is 30.9 Å². The number of fused-ring (bicyclic) bond motifs is 1. The Morgan fingerprint density at radius 3 is 2.00 bits per heavy atom. The minimum absolute atomic E-state index is 0.108. The largest absolute Gasteiger partial charge is 0.456 e. The van der Waals surface area contributed by atoms with Crippen molar-refractivity contribution in [2.45, 2.75) is 123 Å². The van der Waals surface area contributed by atoms with Gasteiger partial charge in [0, 0.05) is 33.7 Å². The molecule has 1 aromatic carbocycles. The van der Waals surface area contributed by atoms with E-state index in [2.05, 4.69) is 0 Å². The minimum atomic E-state index is -0.821. The second kappa shape index (κ2) is 12.5. The molecule has 0 fully saturated rings. The summed E-state index contributed by atoms with van der Waals surface area (Å²) in [6.07, 6.45) is 6.33. The smallest absolute Gasteiger partial charge is 0.339 e. The number of esters is 2. The van der Waals surface area contributed by atoms with E-state index in [1.54, 1.807) is 35.0 Å². The fourth-order valence-corrected chi connectivity index (χ4v) is 5.15. The van der Waals surface area contributed by atoms with Crippen LogP contribution in [-0.4, -0.2) is 49.8 Å². The van der Waals surface area contributed by atoms with Crippen LogP contribution in [0, 0.1) is 0 Å². The highest BCUT2D eigenvalue weighted by Crippen LogP contribution is 2.41. The van der Waals surface area contributed by atoms with Gasteiger partial charge < -0.3 is 28.4 Å². The number of hydrogen-bond donors (Lipinski definition) is 0. The van der Waals surface area contributed by atoms with Crippen LogP contribution < -0.4 is 0 Å². The number of methoxy groups -OCH3 is 2. The molecule has 1 aromatic rings. The summed E-state index contributed by atoms with van der Waals surface area (Å²) in [6.45, 7) is 11.9. The molecule has 0 amide bonds. The molecule has 0 aromatic heterocycles. The minimum Gasteiger partial charge on any atom is -0.456 e. The predicted octanol–water partition coefficient (Wildman–Crippen LogP) is 6.03. The third-order valence-corrected chi connectivity index (χ3v) is 6.83. The SMILES string of the molecule is COCc1c2c3c(c(C(=O)OC(C)(C)C)c1C(=O)OC(C)(C)C)COCCCCCCCC(OC)(C3)OC2. The van der Waals surface area contributed by atoms with Crippen molar-refractivity contribution in [2.75, 3.05) is 20.8 Å². The van der Waals surface area contributed by atoms with Crippen molar-refractivity contribution in [2.24, 2.45) is 0 Å². The van der Waals surface area contributed by atoms with E-state index in [0.29, 0.717) is 24.2 Å². The Balaban J connectivity index is 2.33. The molecule has 1 unspecified atom stereocenters. The molecular weight excluding hydrogens is 488 g/mol. The lowest BCUT2D eigenvalue weighted by Crippen LogP contribution is -2.42. The van der Waals surface area contributed by atoms with Crippen LogP contribution in [0.2, 0.25) is 0 Å². The molecule has 3 rings (SSSR count). The second-order valence-corrected chi connectivity index (χ2v) is 12.3. The van der Waals surface area contributed by atoms with Gasteiger partial charge >= 0.3 is 11.9 Å². The van der Waals surface area contributed by atoms with E-state index in [9.17, 15) is 9.59 Å². The van der Waals surface area contributed by atoms with Gasteiger partial charge in [-0.25, -0.2) is 9.59 Å². The lowest BCUT2D eigenvalue weighted by Gasteiger charge is -2.40. The summed E-state index contributed by atoms with van der Waals surface area (Å²) in [5, 5.41) is 0. The van der Waals surface area contributed by atoms with Gasteiger partial charge in [-0.3, -0.25) is 0 Å². The molecule has 0 saturated heterocycles. The molecule has 38 heavy (non-hydrogen) atoms. The number of carbonyl (C=O) groups excluding carboxylic acids is 2. The van der Waals surface area contributed by atoms with Crippen LogP contribution in [0.4, 0.5) is 0 Å². The summed E-state index contributed by atoms with van der Waals surface area (Å²) in [7, 11) is 3.23. The van der Waals surface area contributed by atoms with Gasteiger partial charge in [0.05, 0.1) is 30.9 Å². The summed E-state index contributed by atoms with van der Waals surface area (Å²) in [5.41, 5.74) is 1.74. The van der Waals surface area contributed by atoms with E-state index >= 15 is 0 Å². The zero-order valence-electron chi connectivity index (χ0n) is 24.5. The molecule has 0 saturated carbocycles. The molecular formula is C30H46O8. The second-order valence-electron chi connectivity index (χ2n) is 12.3. The van der Waals surface area contributed by atoms with Crippen molar-refractivity contribution in [3.05, 3.63) is 33.4 Å². The van der Waals surface area contributed by atoms with Crippen molar-refractivity contribution < 1.29 is 38.0 Å². The lowest BCUT2D eigenvalue weighted by atomic mass is 9.81. The Kier molecular flexibility index (Phi) is 10.0. The first-order valence-corrected chi connectivity index (χ1v) is 13.7. The van der Waals surface area contributed by atoms with Gasteiger partial charge in [-0.05, 0) is 76.6 Å². The van der Waals surface area contributed by atoms with Crippen LogP contribution in [0.25, 0.3) is 0 Å². The normalized spacial score (nSPS) is 21.1.